The number of rotatable bonds is 9. The molecule has 2 aromatic rings. The number of hydrogen-bond acceptors (Lipinski definition) is 7. The van der Waals surface area contributed by atoms with Crippen LogP contribution in [0, 0.1) is 0 Å². The van der Waals surface area contributed by atoms with Crippen LogP contribution in [0.3, 0.4) is 0 Å². The largest absolute Gasteiger partial charge is 0.481 e. The molecule has 134 valence electrons. The fraction of sp³-hybridized carbons (Fsp3) is 0.429. The number of fused-ring (bicyclic) bond motifs is 1. The molecule has 0 atom stereocenters. The summed E-state index contributed by atoms with van der Waals surface area (Å²) in [4.78, 5) is 45.5. The molecule has 25 heavy (non-hydrogen) atoms. The Morgan fingerprint density at radius 1 is 1.08 bits per heavy atom. The van der Waals surface area contributed by atoms with E-state index in [1.807, 2.05) is 0 Å². The summed E-state index contributed by atoms with van der Waals surface area (Å²) in [5, 5.41) is 13.8. The van der Waals surface area contributed by atoms with Crippen LogP contribution in [0.25, 0.3) is 11.2 Å². The summed E-state index contributed by atoms with van der Waals surface area (Å²) in [5.41, 5.74) is 6.61. The van der Waals surface area contributed by atoms with Crippen LogP contribution in [0.2, 0.25) is 0 Å². The van der Waals surface area contributed by atoms with Crippen LogP contribution in [0.15, 0.2) is 12.7 Å². The van der Waals surface area contributed by atoms with E-state index in [1.54, 1.807) is 4.57 Å². The number of nitrogens with one attached hydrogen (secondary N) is 2. The number of imidazole rings is 1. The number of amides is 2. The summed E-state index contributed by atoms with van der Waals surface area (Å²) in [7, 11) is 0. The third kappa shape index (κ3) is 5.41. The highest BCUT2D eigenvalue weighted by Gasteiger charge is 2.10. The summed E-state index contributed by atoms with van der Waals surface area (Å²) >= 11 is 0. The van der Waals surface area contributed by atoms with Crippen LogP contribution in [0.5, 0.6) is 0 Å². The zero-order valence-corrected chi connectivity index (χ0v) is 13.4. The molecule has 5 N–H and O–H groups in total. The first kappa shape index (κ1) is 18.1. The lowest BCUT2D eigenvalue weighted by Gasteiger charge is -2.07. The number of carbonyl (C=O) groups is 3. The first-order valence-corrected chi connectivity index (χ1v) is 7.64. The first-order valence-electron chi connectivity index (χ1n) is 7.64. The van der Waals surface area contributed by atoms with Crippen molar-refractivity contribution in [2.45, 2.75) is 25.8 Å². The molecule has 0 saturated heterocycles. The average molecular weight is 349 g/mol. The van der Waals surface area contributed by atoms with Crippen molar-refractivity contribution in [3.8, 4) is 0 Å². The van der Waals surface area contributed by atoms with Crippen LogP contribution >= 0.6 is 0 Å². The topological polar surface area (TPSA) is 165 Å². The fourth-order valence-corrected chi connectivity index (χ4v) is 2.08. The second kappa shape index (κ2) is 8.57. The molecule has 2 heterocycles. The van der Waals surface area contributed by atoms with Gasteiger partial charge in [0, 0.05) is 19.5 Å². The van der Waals surface area contributed by atoms with Gasteiger partial charge in [-0.2, -0.15) is 0 Å². The zero-order valence-electron chi connectivity index (χ0n) is 13.4. The molecular weight excluding hydrogens is 330 g/mol. The third-order valence-corrected chi connectivity index (χ3v) is 3.31. The first-order chi connectivity index (χ1) is 12.0. The molecule has 0 radical (unpaired) electrons. The molecule has 0 fully saturated rings. The molecule has 0 bridgehead atoms. The lowest BCUT2D eigenvalue weighted by Crippen LogP contribution is -2.31. The number of hydrogen-bond donors (Lipinski definition) is 4. The fourth-order valence-electron chi connectivity index (χ4n) is 2.08. The average Bonchev–Trinajstić information content (AvgIpc) is 2.97. The highest BCUT2D eigenvalue weighted by atomic mass is 16.4. The van der Waals surface area contributed by atoms with Gasteiger partial charge >= 0.3 is 5.97 Å². The maximum Gasteiger partial charge on any atom is 0.303 e. The summed E-state index contributed by atoms with van der Waals surface area (Å²) in [6.45, 7) is 0.774. The maximum absolute atomic E-state index is 11.9. The van der Waals surface area contributed by atoms with Gasteiger partial charge < -0.3 is 26.0 Å². The Morgan fingerprint density at radius 3 is 2.52 bits per heavy atom. The van der Waals surface area contributed by atoms with E-state index >= 15 is 0 Å². The smallest absolute Gasteiger partial charge is 0.303 e. The number of carboxylic acids is 1. The lowest BCUT2D eigenvalue weighted by atomic mass is 10.3. The maximum atomic E-state index is 11.9. The van der Waals surface area contributed by atoms with Crippen LogP contribution in [-0.2, 0) is 20.9 Å². The van der Waals surface area contributed by atoms with Gasteiger partial charge in [0.25, 0.3) is 0 Å². The number of nitrogens with two attached hydrogens (primary N) is 1. The lowest BCUT2D eigenvalue weighted by molar-refractivity contribution is -0.138. The van der Waals surface area contributed by atoms with E-state index in [-0.39, 0.29) is 37.0 Å². The Kier molecular flexibility index (Phi) is 6.20. The molecular formula is C14H19N7O4. The van der Waals surface area contributed by atoms with Crippen molar-refractivity contribution in [1.82, 2.24) is 30.2 Å². The van der Waals surface area contributed by atoms with Gasteiger partial charge in [0.15, 0.2) is 11.5 Å². The van der Waals surface area contributed by atoms with E-state index in [2.05, 4.69) is 25.6 Å². The predicted octanol–water partition coefficient (Wildman–Crippen LogP) is -1.10. The van der Waals surface area contributed by atoms with Crippen LogP contribution in [0.4, 0.5) is 5.82 Å². The Balaban J connectivity index is 1.68. The highest BCUT2D eigenvalue weighted by Crippen LogP contribution is 2.13. The Hall–Kier alpha value is -3.24. The molecule has 0 unspecified atom stereocenters. The zero-order chi connectivity index (χ0) is 18.2. The van der Waals surface area contributed by atoms with E-state index in [0.29, 0.717) is 30.7 Å². The number of aliphatic carboxylic acids is 1. The standard InChI is InChI=1S/C14H19N7O4/c15-13-12-14(19-7-18-13)21(8-20-12)6-10(23)17-5-1-4-16-9(22)2-3-11(24)25/h7-8H,1-6H2,(H,16,22)(H,17,23)(H,24,25)(H2,15,18,19). The van der Waals surface area contributed by atoms with Crippen molar-refractivity contribution in [3.63, 3.8) is 0 Å². The minimum atomic E-state index is -1.01. The van der Waals surface area contributed by atoms with Gasteiger partial charge in [0.2, 0.25) is 11.8 Å². The van der Waals surface area contributed by atoms with Gasteiger partial charge in [-0.05, 0) is 6.42 Å². The van der Waals surface area contributed by atoms with Crippen molar-refractivity contribution in [2.75, 3.05) is 18.8 Å². The Bertz CT molecular complexity index is 774. The van der Waals surface area contributed by atoms with E-state index < -0.39 is 5.97 Å². The van der Waals surface area contributed by atoms with Crippen molar-refractivity contribution in [2.24, 2.45) is 0 Å². The second-order valence-electron chi connectivity index (χ2n) is 5.25. The van der Waals surface area contributed by atoms with E-state index in [9.17, 15) is 14.4 Å². The van der Waals surface area contributed by atoms with Crippen LogP contribution in [-0.4, -0.2) is 55.5 Å². The van der Waals surface area contributed by atoms with Gasteiger partial charge in [0.05, 0.1) is 12.7 Å². The molecule has 2 rings (SSSR count). The number of nitrogen functional groups attached to an aromatic ring is 1. The molecule has 11 heteroatoms. The highest BCUT2D eigenvalue weighted by molar-refractivity contribution is 5.83. The van der Waals surface area contributed by atoms with Crippen molar-refractivity contribution in [1.29, 1.82) is 0 Å². The number of carboxylic acid groups (broad SMARTS) is 1. The number of carbonyl (C=O) groups excluding carboxylic acids is 2. The minimum Gasteiger partial charge on any atom is -0.481 e. The summed E-state index contributed by atoms with van der Waals surface area (Å²) in [5.74, 6) is -1.31. The van der Waals surface area contributed by atoms with Crippen LogP contribution in [0.1, 0.15) is 19.3 Å². The normalized spacial score (nSPS) is 10.6. The molecule has 0 aliphatic rings. The summed E-state index contributed by atoms with van der Waals surface area (Å²) < 4.78 is 1.57. The summed E-state index contributed by atoms with van der Waals surface area (Å²) in [6.07, 6.45) is 3.05. The second-order valence-corrected chi connectivity index (χ2v) is 5.25. The molecule has 0 aliphatic heterocycles. The van der Waals surface area contributed by atoms with Crippen LogP contribution < -0.4 is 16.4 Å². The van der Waals surface area contributed by atoms with Crippen molar-refractivity contribution in [3.05, 3.63) is 12.7 Å². The van der Waals surface area contributed by atoms with Gasteiger partial charge in [-0.25, -0.2) is 15.0 Å². The van der Waals surface area contributed by atoms with Gasteiger partial charge in [-0.15, -0.1) is 0 Å². The van der Waals surface area contributed by atoms with Gasteiger partial charge in [-0.1, -0.05) is 0 Å². The third-order valence-electron chi connectivity index (χ3n) is 3.31. The Labute approximate surface area is 142 Å². The molecule has 0 aliphatic carbocycles. The molecule has 2 aromatic heterocycles. The van der Waals surface area contributed by atoms with E-state index in [4.69, 9.17) is 10.8 Å². The minimum absolute atomic E-state index is 0.0396. The van der Waals surface area contributed by atoms with E-state index in [0.717, 1.165) is 0 Å². The molecule has 0 spiro atoms. The molecule has 11 nitrogen and oxygen atoms in total. The van der Waals surface area contributed by atoms with Gasteiger partial charge in [-0.3, -0.25) is 14.4 Å². The summed E-state index contributed by atoms with van der Waals surface area (Å²) in [6, 6.07) is 0. The van der Waals surface area contributed by atoms with Crippen molar-refractivity contribution >= 4 is 34.8 Å². The Morgan fingerprint density at radius 2 is 1.80 bits per heavy atom. The SMILES string of the molecule is Nc1ncnc2c1ncn2CC(=O)NCCCNC(=O)CCC(=O)O. The number of aromatic nitrogens is 4. The van der Waals surface area contributed by atoms with E-state index in [1.165, 1.54) is 12.7 Å². The predicted molar refractivity (Wildman–Crippen MR) is 87.2 cm³/mol. The van der Waals surface area contributed by atoms with Crippen molar-refractivity contribution < 1.29 is 19.5 Å². The number of nitrogens with zero attached hydrogens (tertiary/aromatic N) is 4. The van der Waals surface area contributed by atoms with Gasteiger partial charge in [0.1, 0.15) is 18.4 Å². The monoisotopic (exact) mass is 349 g/mol. The number of anilines is 1. The molecule has 0 aromatic carbocycles. The molecule has 2 amide bonds. The quantitative estimate of drug-likeness (QED) is 0.414. The molecule has 0 saturated carbocycles.